The minimum atomic E-state index is 0.203. The molecule has 1 N–H and O–H groups in total. The second-order valence-corrected chi connectivity index (χ2v) is 13.5. The van der Waals surface area contributed by atoms with Crippen LogP contribution in [0.4, 0.5) is 5.69 Å². The Labute approximate surface area is 239 Å². The third kappa shape index (κ3) is 4.27. The Morgan fingerprint density at radius 3 is 2.54 bits per heavy atom. The highest BCUT2D eigenvalue weighted by molar-refractivity contribution is 9.10. The van der Waals surface area contributed by atoms with Crippen LogP contribution in [0.5, 0.6) is 6.01 Å². The molecule has 6 nitrogen and oxygen atoms in total. The Bertz CT molecular complexity index is 1380. The zero-order valence-electron chi connectivity index (χ0n) is 22.7. The fourth-order valence-electron chi connectivity index (χ4n) is 8.52. The van der Waals surface area contributed by atoms with Gasteiger partial charge in [-0.15, -0.1) is 0 Å². The number of benzene rings is 2. The standard InChI is InChI=1S/C32H38BrN5O/c33-26-7-1-5-21-6-2-8-28(29(21)26)37-16-11-25-27(19-37)35-31(39-20-32-12-3-14-38(32)15-4-13-32)36-30(25)22-17-23-9-10-24(18-22)34-23/h1-2,5-8,22-24,34H,3-4,9-20H2/t22-,23+,24-. The minimum Gasteiger partial charge on any atom is -0.461 e. The molecule has 4 saturated heterocycles. The third-order valence-electron chi connectivity index (χ3n) is 10.4. The number of ether oxygens (including phenoxy) is 1. The summed E-state index contributed by atoms with van der Waals surface area (Å²) in [6.07, 6.45) is 11.0. The number of nitrogens with zero attached hydrogens (tertiary/aromatic N) is 4. The molecule has 7 heteroatoms. The van der Waals surface area contributed by atoms with Crippen LogP contribution >= 0.6 is 15.9 Å². The molecule has 0 unspecified atom stereocenters. The molecule has 1 aromatic heterocycles. The molecule has 6 heterocycles. The first-order valence-corrected chi connectivity index (χ1v) is 15.9. The number of hydrogen-bond acceptors (Lipinski definition) is 6. The smallest absolute Gasteiger partial charge is 0.316 e. The molecule has 0 amide bonds. The predicted octanol–water partition coefficient (Wildman–Crippen LogP) is 5.96. The van der Waals surface area contributed by atoms with E-state index in [4.69, 9.17) is 14.7 Å². The van der Waals surface area contributed by atoms with E-state index < -0.39 is 0 Å². The fraction of sp³-hybridized carbons (Fsp3) is 0.562. The second-order valence-electron chi connectivity index (χ2n) is 12.6. The second kappa shape index (κ2) is 9.71. The van der Waals surface area contributed by atoms with E-state index >= 15 is 0 Å². The van der Waals surface area contributed by atoms with Gasteiger partial charge in [-0.1, -0.05) is 40.2 Å². The van der Waals surface area contributed by atoms with Crippen LogP contribution in [0.2, 0.25) is 0 Å². The van der Waals surface area contributed by atoms with E-state index in [0.717, 1.165) is 30.6 Å². The summed E-state index contributed by atoms with van der Waals surface area (Å²) in [6.45, 7) is 4.94. The van der Waals surface area contributed by atoms with Crippen molar-refractivity contribution in [1.82, 2.24) is 20.2 Å². The van der Waals surface area contributed by atoms with Gasteiger partial charge in [0, 0.05) is 40.1 Å². The quantitative estimate of drug-likeness (QED) is 0.397. The van der Waals surface area contributed by atoms with Crippen molar-refractivity contribution in [3.05, 3.63) is 57.8 Å². The lowest BCUT2D eigenvalue weighted by Gasteiger charge is -2.35. The zero-order valence-corrected chi connectivity index (χ0v) is 24.3. The number of aromatic nitrogens is 2. The molecular formula is C32H38BrN5O. The molecule has 39 heavy (non-hydrogen) atoms. The summed E-state index contributed by atoms with van der Waals surface area (Å²) in [5.74, 6) is 0.508. The Morgan fingerprint density at radius 2 is 1.74 bits per heavy atom. The first-order chi connectivity index (χ1) is 19.1. The zero-order chi connectivity index (χ0) is 26.0. The number of fused-ring (bicyclic) bond motifs is 5. The first kappa shape index (κ1) is 24.6. The first-order valence-electron chi connectivity index (χ1n) is 15.1. The normalized spacial score (nSPS) is 27.6. The Hall–Kier alpha value is -2.22. The van der Waals surface area contributed by atoms with Crippen LogP contribution in [0.1, 0.15) is 74.2 Å². The van der Waals surface area contributed by atoms with E-state index in [1.165, 1.54) is 97.9 Å². The van der Waals surface area contributed by atoms with Gasteiger partial charge in [0.15, 0.2) is 0 Å². The topological polar surface area (TPSA) is 53.5 Å². The van der Waals surface area contributed by atoms with Crippen LogP contribution in [0.15, 0.2) is 40.9 Å². The maximum Gasteiger partial charge on any atom is 0.316 e. The molecule has 5 aliphatic heterocycles. The molecule has 0 radical (unpaired) electrons. The van der Waals surface area contributed by atoms with Crippen LogP contribution in [-0.4, -0.2) is 58.7 Å². The van der Waals surface area contributed by atoms with Crippen molar-refractivity contribution < 1.29 is 4.74 Å². The fourth-order valence-corrected chi connectivity index (χ4v) is 9.11. The van der Waals surface area contributed by atoms with Crippen molar-refractivity contribution in [2.24, 2.45) is 0 Å². The number of hydrogen-bond donors (Lipinski definition) is 1. The average molecular weight is 589 g/mol. The monoisotopic (exact) mass is 587 g/mol. The SMILES string of the molecule is Brc1cccc2cccc(N3CCc4c(nc(OCC56CCCN5CCC6)nc4[C@H]4C[C@H]5CC[C@@H](C4)N5)C3)c12. The number of rotatable bonds is 5. The van der Waals surface area contributed by atoms with Gasteiger partial charge in [-0.2, -0.15) is 9.97 Å². The minimum absolute atomic E-state index is 0.203. The van der Waals surface area contributed by atoms with Crippen LogP contribution < -0.4 is 15.0 Å². The molecule has 2 bridgehead atoms. The highest BCUT2D eigenvalue weighted by Crippen LogP contribution is 2.42. The van der Waals surface area contributed by atoms with Crippen molar-refractivity contribution in [2.45, 2.75) is 87.9 Å². The largest absolute Gasteiger partial charge is 0.461 e. The number of anilines is 1. The van der Waals surface area contributed by atoms with Gasteiger partial charge in [0.05, 0.1) is 23.5 Å². The highest BCUT2D eigenvalue weighted by Gasteiger charge is 2.45. The maximum absolute atomic E-state index is 6.59. The third-order valence-corrected chi connectivity index (χ3v) is 11.1. The Balaban J connectivity index is 1.15. The molecule has 2 aromatic carbocycles. The molecule has 3 aromatic rings. The van der Waals surface area contributed by atoms with E-state index in [-0.39, 0.29) is 5.54 Å². The number of piperidine rings is 1. The van der Waals surface area contributed by atoms with Crippen molar-refractivity contribution in [1.29, 1.82) is 0 Å². The molecule has 4 fully saturated rings. The van der Waals surface area contributed by atoms with Crippen molar-refractivity contribution in [3.63, 3.8) is 0 Å². The molecule has 0 saturated carbocycles. The van der Waals surface area contributed by atoms with Gasteiger partial charge in [0.25, 0.3) is 0 Å². The molecular weight excluding hydrogens is 550 g/mol. The van der Waals surface area contributed by atoms with Gasteiger partial charge >= 0.3 is 6.01 Å². The van der Waals surface area contributed by atoms with Crippen LogP contribution in [0, 0.1) is 0 Å². The summed E-state index contributed by atoms with van der Waals surface area (Å²) >= 11 is 3.83. The van der Waals surface area contributed by atoms with E-state index in [9.17, 15) is 0 Å². The van der Waals surface area contributed by atoms with Gasteiger partial charge in [0.1, 0.15) is 6.61 Å². The lowest BCUT2D eigenvalue weighted by atomic mass is 9.85. The molecule has 3 atom stereocenters. The summed E-state index contributed by atoms with van der Waals surface area (Å²) in [5.41, 5.74) is 5.34. The summed E-state index contributed by atoms with van der Waals surface area (Å²) in [7, 11) is 0. The van der Waals surface area contributed by atoms with Gasteiger partial charge in [-0.05, 0) is 94.0 Å². The van der Waals surface area contributed by atoms with E-state index in [1.54, 1.807) is 0 Å². The molecule has 5 aliphatic rings. The summed E-state index contributed by atoms with van der Waals surface area (Å²) in [4.78, 5) is 15.6. The summed E-state index contributed by atoms with van der Waals surface area (Å²) in [5, 5.41) is 6.38. The van der Waals surface area contributed by atoms with Gasteiger partial charge < -0.3 is 15.0 Å². The Kier molecular flexibility index (Phi) is 6.11. The van der Waals surface area contributed by atoms with Crippen LogP contribution in [0.25, 0.3) is 10.8 Å². The maximum atomic E-state index is 6.59. The average Bonchev–Trinajstić information content (AvgIpc) is 3.64. The van der Waals surface area contributed by atoms with Crippen molar-refractivity contribution in [2.75, 3.05) is 31.1 Å². The van der Waals surface area contributed by atoms with Gasteiger partial charge in [-0.25, -0.2) is 0 Å². The van der Waals surface area contributed by atoms with Crippen LogP contribution in [-0.2, 0) is 13.0 Å². The highest BCUT2D eigenvalue weighted by atomic mass is 79.9. The van der Waals surface area contributed by atoms with Crippen molar-refractivity contribution >= 4 is 32.4 Å². The summed E-state index contributed by atoms with van der Waals surface area (Å²) < 4.78 is 7.74. The van der Waals surface area contributed by atoms with Gasteiger partial charge in [0.2, 0.25) is 0 Å². The van der Waals surface area contributed by atoms with Crippen molar-refractivity contribution in [3.8, 4) is 6.01 Å². The molecule has 0 spiro atoms. The van der Waals surface area contributed by atoms with Crippen LogP contribution in [0.3, 0.4) is 0 Å². The lowest BCUT2D eigenvalue weighted by Crippen LogP contribution is -2.43. The summed E-state index contributed by atoms with van der Waals surface area (Å²) in [6, 6.07) is 15.0. The molecule has 204 valence electrons. The molecule has 8 rings (SSSR count). The number of nitrogens with one attached hydrogen (secondary N) is 1. The Morgan fingerprint density at radius 1 is 0.974 bits per heavy atom. The number of halogens is 1. The van der Waals surface area contributed by atoms with E-state index in [1.807, 2.05) is 0 Å². The predicted molar refractivity (Wildman–Crippen MR) is 159 cm³/mol. The van der Waals surface area contributed by atoms with E-state index in [0.29, 0.717) is 24.0 Å². The molecule has 0 aliphatic carbocycles. The lowest BCUT2D eigenvalue weighted by molar-refractivity contribution is 0.107. The van der Waals surface area contributed by atoms with Gasteiger partial charge in [-0.3, -0.25) is 4.90 Å². The van der Waals surface area contributed by atoms with E-state index in [2.05, 4.69) is 67.4 Å².